The molecule has 0 fully saturated rings. The summed E-state index contributed by atoms with van der Waals surface area (Å²) in [6.45, 7) is 4.77. The molecule has 0 bridgehead atoms. The smallest absolute Gasteiger partial charge is 0.218 e. The lowest BCUT2D eigenvalue weighted by Gasteiger charge is -2.31. The molecule has 240 valence electrons. The maximum atomic E-state index is 6.70. The fourth-order valence-electron chi connectivity index (χ4n) is 9.87. The summed E-state index contributed by atoms with van der Waals surface area (Å²) in [4.78, 5) is 0. The van der Waals surface area contributed by atoms with E-state index in [2.05, 4.69) is 153 Å². The van der Waals surface area contributed by atoms with Gasteiger partial charge in [-0.2, -0.15) is 9.13 Å². The van der Waals surface area contributed by atoms with Crippen molar-refractivity contribution in [2.24, 2.45) is 0 Å². The fraction of sp³-hybridized carbons (Fsp3) is 0.106. The first-order chi connectivity index (χ1) is 25.2. The van der Waals surface area contributed by atoms with Gasteiger partial charge in [-0.1, -0.05) is 60.7 Å². The molecule has 0 spiro atoms. The third kappa shape index (κ3) is 3.59. The molecule has 0 amide bonds. The van der Waals surface area contributed by atoms with E-state index in [0.29, 0.717) is 5.92 Å². The van der Waals surface area contributed by atoms with E-state index in [-0.39, 0.29) is 6.04 Å². The molecule has 0 radical (unpaired) electrons. The lowest BCUT2D eigenvalue weighted by atomic mass is 9.77. The zero-order chi connectivity index (χ0) is 33.4. The molecule has 12 rings (SSSR count). The van der Waals surface area contributed by atoms with Crippen LogP contribution in [0.15, 0.2) is 151 Å². The van der Waals surface area contributed by atoms with Gasteiger partial charge in [0.15, 0.2) is 29.7 Å². The zero-order valence-electron chi connectivity index (χ0n) is 28.0. The van der Waals surface area contributed by atoms with E-state index < -0.39 is 0 Å². The molecule has 2 unspecified atom stereocenters. The number of benzene rings is 5. The number of pyridine rings is 2. The molecule has 4 nitrogen and oxygen atoms in total. The summed E-state index contributed by atoms with van der Waals surface area (Å²) in [7, 11) is 0. The summed E-state index contributed by atoms with van der Waals surface area (Å²) >= 11 is 0. The van der Waals surface area contributed by atoms with Crippen LogP contribution in [-0.2, 0) is 6.42 Å². The van der Waals surface area contributed by atoms with Crippen molar-refractivity contribution >= 4 is 65.7 Å². The molecule has 5 aromatic heterocycles. The fourth-order valence-corrected chi connectivity index (χ4v) is 9.87. The Balaban J connectivity index is 1.16. The Morgan fingerprint density at radius 2 is 1.37 bits per heavy atom. The Hall–Kier alpha value is -6.26. The highest BCUT2D eigenvalue weighted by Crippen LogP contribution is 2.47. The van der Waals surface area contributed by atoms with Crippen molar-refractivity contribution in [3.05, 3.63) is 157 Å². The second kappa shape index (κ2) is 9.92. The third-order valence-corrected chi connectivity index (χ3v) is 12.0. The minimum atomic E-state index is 0.263. The van der Waals surface area contributed by atoms with Crippen LogP contribution in [0.4, 0.5) is 0 Å². The van der Waals surface area contributed by atoms with Crippen LogP contribution >= 0.6 is 0 Å². The second-order valence-corrected chi connectivity index (χ2v) is 14.5. The van der Waals surface area contributed by atoms with E-state index in [1.54, 1.807) is 0 Å². The highest BCUT2D eigenvalue weighted by Gasteiger charge is 2.42. The predicted octanol–water partition coefficient (Wildman–Crippen LogP) is 10.8. The number of aromatic nitrogens is 3. The normalized spacial score (nSPS) is 17.2. The number of rotatable bonds is 0. The van der Waals surface area contributed by atoms with Crippen molar-refractivity contribution in [2.75, 3.05) is 0 Å². The standard InChI is InChI=1S/C47H33N3O/c1-28-25-42-32(30-11-2-3-12-31(30)40-16-7-9-24-49(40)42)20-19-29-26-43-39(27-38(29)41-17-6-8-23-48(28)41)35-15-10-14-34-36-21-22-37-33-13-4-5-18-44(33)51-47(37)46(36)50(43)45(34)35/h2-18,21-24,26-27,32,42H,1,19-20,25H2/q+2. The molecule has 2 atom stereocenters. The van der Waals surface area contributed by atoms with Gasteiger partial charge in [-0.3, -0.25) is 0 Å². The Morgan fingerprint density at radius 3 is 2.31 bits per heavy atom. The lowest BCUT2D eigenvalue weighted by molar-refractivity contribution is -0.720. The van der Waals surface area contributed by atoms with E-state index in [4.69, 9.17) is 11.0 Å². The Bertz CT molecular complexity index is 3110. The van der Waals surface area contributed by atoms with E-state index in [9.17, 15) is 0 Å². The summed E-state index contributed by atoms with van der Waals surface area (Å²) in [6.07, 6.45) is 7.35. The number of hydrogen-bond donors (Lipinski definition) is 0. The number of nitrogens with zero attached hydrogens (tertiary/aromatic N) is 3. The topological polar surface area (TPSA) is 25.3 Å². The highest BCUT2D eigenvalue weighted by atomic mass is 16.3. The van der Waals surface area contributed by atoms with Crippen molar-refractivity contribution in [2.45, 2.75) is 31.2 Å². The number of furan rings is 1. The molecule has 4 heteroatoms. The largest absolute Gasteiger partial charge is 0.454 e. The van der Waals surface area contributed by atoms with Crippen molar-refractivity contribution in [3.8, 4) is 22.5 Å². The maximum Gasteiger partial charge on any atom is 0.218 e. The van der Waals surface area contributed by atoms with Gasteiger partial charge in [-0.25, -0.2) is 0 Å². The van der Waals surface area contributed by atoms with Gasteiger partial charge in [0.05, 0.1) is 28.5 Å². The van der Waals surface area contributed by atoms with E-state index in [1.165, 1.54) is 66.2 Å². The first kappa shape index (κ1) is 27.5. The maximum absolute atomic E-state index is 6.70. The molecule has 51 heavy (non-hydrogen) atoms. The number of hydrogen-bond acceptors (Lipinski definition) is 1. The molecule has 0 N–H and O–H groups in total. The first-order valence-corrected chi connectivity index (χ1v) is 18.1. The number of allylic oxidation sites excluding steroid dienone is 1. The van der Waals surface area contributed by atoms with Crippen molar-refractivity contribution in [3.63, 3.8) is 0 Å². The molecule has 7 heterocycles. The monoisotopic (exact) mass is 655 g/mol. The van der Waals surface area contributed by atoms with Gasteiger partial charge >= 0.3 is 0 Å². The molecular formula is C47H33N3O+2. The minimum Gasteiger partial charge on any atom is -0.454 e. The average Bonchev–Trinajstić information content (AvgIpc) is 3.84. The summed E-state index contributed by atoms with van der Waals surface area (Å²) in [6, 6.07) is 47.2. The Morgan fingerprint density at radius 1 is 0.627 bits per heavy atom. The molecule has 2 aliphatic rings. The van der Waals surface area contributed by atoms with Crippen LogP contribution in [0.1, 0.15) is 35.9 Å². The van der Waals surface area contributed by atoms with Crippen molar-refractivity contribution in [1.82, 2.24) is 4.40 Å². The zero-order valence-corrected chi connectivity index (χ0v) is 28.0. The Labute approximate surface area is 294 Å². The number of para-hydroxylation sites is 2. The number of fused-ring (bicyclic) bond motifs is 19. The third-order valence-electron chi connectivity index (χ3n) is 12.0. The molecule has 0 saturated carbocycles. The van der Waals surface area contributed by atoms with Crippen LogP contribution in [-0.4, -0.2) is 4.40 Å². The summed E-state index contributed by atoms with van der Waals surface area (Å²) in [5, 5.41) is 7.37. The average molecular weight is 656 g/mol. The van der Waals surface area contributed by atoms with Crippen LogP contribution in [0.2, 0.25) is 0 Å². The van der Waals surface area contributed by atoms with Gasteiger partial charge < -0.3 is 8.82 Å². The first-order valence-electron chi connectivity index (χ1n) is 18.1. The molecule has 0 saturated heterocycles. The van der Waals surface area contributed by atoms with Gasteiger partial charge in [0, 0.05) is 68.1 Å². The lowest BCUT2D eigenvalue weighted by Crippen LogP contribution is -2.49. The van der Waals surface area contributed by atoms with Gasteiger partial charge in [0.1, 0.15) is 5.58 Å². The van der Waals surface area contributed by atoms with Gasteiger partial charge in [0.2, 0.25) is 11.4 Å². The number of aryl methyl sites for hydroxylation is 1. The van der Waals surface area contributed by atoms with Crippen LogP contribution in [0, 0.1) is 0 Å². The molecular weight excluding hydrogens is 623 g/mol. The molecule has 0 aliphatic carbocycles. The van der Waals surface area contributed by atoms with Gasteiger partial charge in [-0.15, -0.1) is 0 Å². The quantitative estimate of drug-likeness (QED) is 0.149. The summed E-state index contributed by atoms with van der Waals surface area (Å²) < 4.78 is 14.1. The van der Waals surface area contributed by atoms with Crippen molar-refractivity contribution < 1.29 is 13.6 Å². The summed E-state index contributed by atoms with van der Waals surface area (Å²) in [5.74, 6) is 0.344. The predicted molar refractivity (Wildman–Crippen MR) is 206 cm³/mol. The van der Waals surface area contributed by atoms with E-state index in [1.807, 2.05) is 0 Å². The van der Waals surface area contributed by atoms with Gasteiger partial charge in [0.25, 0.3) is 0 Å². The van der Waals surface area contributed by atoms with Gasteiger partial charge in [-0.05, 0) is 73.0 Å². The Kier molecular flexibility index (Phi) is 5.36. The van der Waals surface area contributed by atoms with E-state index >= 15 is 0 Å². The van der Waals surface area contributed by atoms with Crippen LogP contribution in [0.3, 0.4) is 0 Å². The minimum absolute atomic E-state index is 0.263. The van der Waals surface area contributed by atoms with Crippen LogP contribution < -0.4 is 9.13 Å². The van der Waals surface area contributed by atoms with Crippen LogP contribution in [0.5, 0.6) is 0 Å². The SMILES string of the molecule is C=C1CC2C(CCc3cc4c(cc3-c3cccc[n+]31)c1cccc3c5ccc6c7ccccc7oc6c5n4c13)c1ccccc1-c1cccc[n+]12. The van der Waals surface area contributed by atoms with Crippen molar-refractivity contribution in [1.29, 1.82) is 0 Å². The summed E-state index contributed by atoms with van der Waals surface area (Å²) in [5.41, 5.74) is 14.6. The second-order valence-electron chi connectivity index (χ2n) is 14.5. The molecule has 2 aliphatic heterocycles. The molecule has 5 aromatic carbocycles. The molecule has 10 aromatic rings. The highest BCUT2D eigenvalue weighted by molar-refractivity contribution is 6.28. The van der Waals surface area contributed by atoms with E-state index in [0.717, 1.165) is 52.4 Å². The van der Waals surface area contributed by atoms with Crippen LogP contribution in [0.25, 0.3) is 88.2 Å².